The lowest BCUT2D eigenvalue weighted by atomic mass is 10.2. The third-order valence-corrected chi connectivity index (χ3v) is 2.30. The van der Waals surface area contributed by atoms with Crippen LogP contribution in [0.15, 0.2) is 34.5 Å². The van der Waals surface area contributed by atoms with Gasteiger partial charge in [0.25, 0.3) is 0 Å². The molecule has 0 aromatic heterocycles. The van der Waals surface area contributed by atoms with E-state index in [-0.39, 0.29) is 5.96 Å². The average molecular weight is 263 g/mol. The van der Waals surface area contributed by atoms with Crippen LogP contribution < -0.4 is 16.2 Å². The Morgan fingerprint density at radius 1 is 1.32 bits per heavy atom. The van der Waals surface area contributed by atoms with Crippen molar-refractivity contribution in [3.63, 3.8) is 0 Å². The van der Waals surface area contributed by atoms with Crippen LogP contribution >= 0.6 is 0 Å². The summed E-state index contributed by atoms with van der Waals surface area (Å²) < 4.78 is 5.72. The summed E-state index contributed by atoms with van der Waals surface area (Å²) in [6.45, 7) is 1.65. The number of guanidine groups is 1. The monoisotopic (exact) mass is 263 g/mol. The highest BCUT2D eigenvalue weighted by Crippen LogP contribution is 2.16. The molecule has 1 aromatic rings. The van der Waals surface area contributed by atoms with Crippen LogP contribution in [0.4, 0.5) is 0 Å². The number of benzene rings is 1. The van der Waals surface area contributed by atoms with E-state index in [1.807, 2.05) is 38.4 Å². The molecular weight excluding hydrogens is 242 g/mol. The van der Waals surface area contributed by atoms with E-state index in [1.54, 1.807) is 6.21 Å². The van der Waals surface area contributed by atoms with Gasteiger partial charge in [-0.3, -0.25) is 0 Å². The van der Waals surface area contributed by atoms with Gasteiger partial charge in [0.15, 0.2) is 0 Å². The minimum Gasteiger partial charge on any atom is -0.493 e. The summed E-state index contributed by atoms with van der Waals surface area (Å²) in [4.78, 5) is 2.12. The Labute approximate surface area is 113 Å². The second-order valence-electron chi connectivity index (χ2n) is 4.31. The van der Waals surface area contributed by atoms with Crippen LogP contribution in [0, 0.1) is 0 Å². The van der Waals surface area contributed by atoms with Crippen LogP contribution in [0.5, 0.6) is 5.75 Å². The van der Waals surface area contributed by atoms with Crippen molar-refractivity contribution in [1.29, 1.82) is 0 Å². The van der Waals surface area contributed by atoms with Crippen molar-refractivity contribution in [1.82, 2.24) is 4.90 Å². The topological polar surface area (TPSA) is 89.2 Å². The number of hydrogen-bond acceptors (Lipinski definition) is 4. The molecule has 0 saturated heterocycles. The SMILES string of the molecule is CN(C)CCCOc1ccccc1C=NN=C(N)N. The number of para-hydroxylation sites is 1. The first-order valence-electron chi connectivity index (χ1n) is 6.08. The van der Waals surface area contributed by atoms with Crippen molar-refractivity contribution in [2.24, 2.45) is 21.7 Å². The third kappa shape index (κ3) is 6.42. The summed E-state index contributed by atoms with van der Waals surface area (Å²) in [6.07, 6.45) is 2.54. The molecule has 0 aliphatic rings. The van der Waals surface area contributed by atoms with Gasteiger partial charge in [-0.2, -0.15) is 5.10 Å². The minimum atomic E-state index is -0.0689. The fourth-order valence-corrected chi connectivity index (χ4v) is 1.44. The molecule has 0 unspecified atom stereocenters. The Kier molecular flexibility index (Phi) is 6.38. The van der Waals surface area contributed by atoms with E-state index < -0.39 is 0 Å². The van der Waals surface area contributed by atoms with Gasteiger partial charge in [0.2, 0.25) is 5.96 Å². The molecular formula is C13H21N5O. The molecule has 0 bridgehead atoms. The molecule has 0 aliphatic heterocycles. The summed E-state index contributed by atoms with van der Waals surface area (Å²) in [5, 5.41) is 7.34. The highest BCUT2D eigenvalue weighted by molar-refractivity contribution is 5.84. The number of ether oxygens (including phenoxy) is 1. The van der Waals surface area contributed by atoms with Crippen molar-refractivity contribution in [2.45, 2.75) is 6.42 Å². The van der Waals surface area contributed by atoms with Gasteiger partial charge in [-0.05, 0) is 32.6 Å². The van der Waals surface area contributed by atoms with E-state index in [2.05, 4.69) is 15.1 Å². The predicted molar refractivity (Wildman–Crippen MR) is 78.5 cm³/mol. The Hall–Kier alpha value is -2.08. The summed E-state index contributed by atoms with van der Waals surface area (Å²) in [7, 11) is 4.08. The smallest absolute Gasteiger partial charge is 0.211 e. The molecule has 19 heavy (non-hydrogen) atoms. The maximum atomic E-state index is 5.72. The van der Waals surface area contributed by atoms with Gasteiger partial charge in [-0.25, -0.2) is 0 Å². The molecule has 6 heteroatoms. The van der Waals surface area contributed by atoms with Crippen LogP contribution in [0.3, 0.4) is 0 Å². The summed E-state index contributed by atoms with van der Waals surface area (Å²) in [6, 6.07) is 7.61. The summed E-state index contributed by atoms with van der Waals surface area (Å²) in [5.41, 5.74) is 11.2. The maximum Gasteiger partial charge on any atom is 0.211 e. The lowest BCUT2D eigenvalue weighted by Gasteiger charge is -2.11. The van der Waals surface area contributed by atoms with Gasteiger partial charge in [0, 0.05) is 12.1 Å². The molecule has 0 aliphatic carbocycles. The molecule has 1 aromatic carbocycles. The molecule has 0 saturated carbocycles. The zero-order valence-corrected chi connectivity index (χ0v) is 11.4. The maximum absolute atomic E-state index is 5.72. The van der Waals surface area contributed by atoms with E-state index in [4.69, 9.17) is 16.2 Å². The zero-order valence-electron chi connectivity index (χ0n) is 11.4. The first-order chi connectivity index (χ1) is 9.09. The third-order valence-electron chi connectivity index (χ3n) is 2.30. The number of hydrogen-bond donors (Lipinski definition) is 2. The van der Waals surface area contributed by atoms with E-state index in [0.717, 1.165) is 24.3 Å². The standard InChI is InChI=1S/C13H21N5O/c1-18(2)8-5-9-19-12-7-4-3-6-11(12)10-16-17-13(14)15/h3-4,6-7,10H,5,8-9H2,1-2H3,(H4,14,15,17). The number of nitrogens with two attached hydrogens (primary N) is 2. The molecule has 0 amide bonds. The normalized spacial score (nSPS) is 10.9. The Morgan fingerprint density at radius 2 is 2.05 bits per heavy atom. The highest BCUT2D eigenvalue weighted by Gasteiger charge is 2.00. The number of rotatable bonds is 7. The zero-order chi connectivity index (χ0) is 14.1. The molecule has 0 heterocycles. The van der Waals surface area contributed by atoms with E-state index >= 15 is 0 Å². The fourth-order valence-electron chi connectivity index (χ4n) is 1.44. The molecule has 6 nitrogen and oxygen atoms in total. The minimum absolute atomic E-state index is 0.0689. The van der Waals surface area contributed by atoms with Crippen molar-refractivity contribution in [3.05, 3.63) is 29.8 Å². The van der Waals surface area contributed by atoms with Crippen LogP contribution in [0.2, 0.25) is 0 Å². The Morgan fingerprint density at radius 3 is 2.74 bits per heavy atom. The average Bonchev–Trinajstić information content (AvgIpc) is 2.35. The fraction of sp³-hybridized carbons (Fsp3) is 0.385. The molecule has 0 atom stereocenters. The molecule has 0 fully saturated rings. The van der Waals surface area contributed by atoms with Gasteiger partial charge >= 0.3 is 0 Å². The second-order valence-corrected chi connectivity index (χ2v) is 4.31. The highest BCUT2D eigenvalue weighted by atomic mass is 16.5. The van der Waals surface area contributed by atoms with Crippen molar-refractivity contribution >= 4 is 12.2 Å². The molecule has 0 spiro atoms. The van der Waals surface area contributed by atoms with Crippen molar-refractivity contribution in [2.75, 3.05) is 27.2 Å². The first kappa shape index (κ1) is 15.0. The Balaban J connectivity index is 2.58. The molecule has 1 rings (SSSR count). The van der Waals surface area contributed by atoms with Gasteiger partial charge in [0.05, 0.1) is 12.8 Å². The van der Waals surface area contributed by atoms with Crippen LogP contribution in [0.1, 0.15) is 12.0 Å². The second kappa shape index (κ2) is 8.10. The quantitative estimate of drug-likeness (QED) is 0.327. The van der Waals surface area contributed by atoms with Gasteiger partial charge in [-0.15, -0.1) is 5.10 Å². The largest absolute Gasteiger partial charge is 0.493 e. The predicted octanol–water partition coefficient (Wildman–Crippen LogP) is 0.624. The number of nitrogens with zero attached hydrogens (tertiary/aromatic N) is 3. The van der Waals surface area contributed by atoms with Crippen LogP contribution in [-0.4, -0.2) is 44.3 Å². The Bertz CT molecular complexity index is 438. The van der Waals surface area contributed by atoms with Gasteiger partial charge < -0.3 is 21.1 Å². The van der Waals surface area contributed by atoms with Crippen LogP contribution in [-0.2, 0) is 0 Å². The van der Waals surface area contributed by atoms with Crippen LogP contribution in [0.25, 0.3) is 0 Å². The van der Waals surface area contributed by atoms with Gasteiger partial charge in [0.1, 0.15) is 5.75 Å². The summed E-state index contributed by atoms with van der Waals surface area (Å²) >= 11 is 0. The van der Waals surface area contributed by atoms with E-state index in [1.165, 1.54) is 0 Å². The molecule has 104 valence electrons. The first-order valence-corrected chi connectivity index (χ1v) is 6.08. The lowest BCUT2D eigenvalue weighted by Crippen LogP contribution is -2.21. The molecule has 0 radical (unpaired) electrons. The van der Waals surface area contributed by atoms with E-state index in [9.17, 15) is 0 Å². The van der Waals surface area contributed by atoms with Gasteiger partial charge in [-0.1, -0.05) is 12.1 Å². The van der Waals surface area contributed by atoms with E-state index in [0.29, 0.717) is 6.61 Å². The van der Waals surface area contributed by atoms with Crippen molar-refractivity contribution < 1.29 is 4.74 Å². The summed E-state index contributed by atoms with van der Waals surface area (Å²) in [5.74, 6) is 0.705. The molecule has 4 N–H and O–H groups in total. The lowest BCUT2D eigenvalue weighted by molar-refractivity contribution is 0.281. The van der Waals surface area contributed by atoms with Crippen molar-refractivity contribution in [3.8, 4) is 5.75 Å².